The van der Waals surface area contributed by atoms with E-state index >= 15 is 0 Å². The first-order valence-corrected chi connectivity index (χ1v) is 14.2. The molecular weight excluding hydrogens is 544 g/mol. The minimum atomic E-state index is -0.193. The lowest BCUT2D eigenvalue weighted by molar-refractivity contribution is 0.0761. The highest BCUT2D eigenvalue weighted by Crippen LogP contribution is 2.37. The monoisotopic (exact) mass is 570 g/mol. The highest BCUT2D eigenvalue weighted by Gasteiger charge is 2.19. The molecule has 10 heteroatoms. The maximum atomic E-state index is 9.81. The van der Waals surface area contributed by atoms with Crippen molar-refractivity contribution in [3.63, 3.8) is 0 Å². The summed E-state index contributed by atoms with van der Waals surface area (Å²) in [6.07, 6.45) is 6.63. The first-order chi connectivity index (χ1) is 19.5. The molecule has 5 aromatic rings. The quantitative estimate of drug-likeness (QED) is 0.225. The number of imidazole rings is 1. The van der Waals surface area contributed by atoms with Crippen molar-refractivity contribution in [1.29, 1.82) is 5.26 Å². The molecule has 0 aliphatic carbocycles. The Morgan fingerprint density at radius 3 is 2.75 bits per heavy atom. The molecule has 0 bridgehead atoms. The number of nitriles is 1. The van der Waals surface area contributed by atoms with Crippen LogP contribution in [0, 0.1) is 11.3 Å². The zero-order valence-electron chi connectivity index (χ0n) is 21.8. The van der Waals surface area contributed by atoms with Gasteiger partial charge in [0.1, 0.15) is 17.6 Å². The first-order valence-electron chi connectivity index (χ1n) is 13.0. The van der Waals surface area contributed by atoms with Gasteiger partial charge >= 0.3 is 0 Å². The van der Waals surface area contributed by atoms with Crippen molar-refractivity contribution in [2.24, 2.45) is 7.05 Å². The van der Waals surface area contributed by atoms with Crippen LogP contribution in [0.4, 0.5) is 11.4 Å². The number of aryl methyl sites for hydroxylation is 1. The largest absolute Gasteiger partial charge is 0.460 e. The number of halogens is 1. The molecule has 4 heterocycles. The van der Waals surface area contributed by atoms with Gasteiger partial charge in [-0.1, -0.05) is 29.4 Å². The molecule has 1 saturated heterocycles. The van der Waals surface area contributed by atoms with Crippen LogP contribution in [0.3, 0.4) is 0 Å². The molecule has 2 N–H and O–H groups in total. The SMILES string of the molecule is Cn1ccnc1Sc1ccc(Nc2c(C#N)cnc3cc(-c4ccc(CN5CCC(O)CC5)o4)ccc23)cc1Cl. The van der Waals surface area contributed by atoms with E-state index in [1.807, 2.05) is 66.3 Å². The number of nitrogens with one attached hydrogen (secondary N) is 1. The van der Waals surface area contributed by atoms with E-state index < -0.39 is 0 Å². The summed E-state index contributed by atoms with van der Waals surface area (Å²) in [6, 6.07) is 17.9. The number of aliphatic hydroxyl groups excluding tert-OH is 1. The van der Waals surface area contributed by atoms with E-state index in [1.165, 1.54) is 11.8 Å². The number of hydrogen-bond donors (Lipinski definition) is 2. The summed E-state index contributed by atoms with van der Waals surface area (Å²) in [7, 11) is 1.94. The van der Waals surface area contributed by atoms with E-state index in [9.17, 15) is 10.4 Å². The average molecular weight is 571 g/mol. The van der Waals surface area contributed by atoms with E-state index in [0.717, 1.165) is 76.2 Å². The lowest BCUT2D eigenvalue weighted by Gasteiger charge is -2.28. The molecule has 6 rings (SSSR count). The second-order valence-corrected chi connectivity index (χ2v) is 11.3. The summed E-state index contributed by atoms with van der Waals surface area (Å²) in [5.74, 6) is 1.66. The zero-order valence-corrected chi connectivity index (χ0v) is 23.4. The van der Waals surface area contributed by atoms with E-state index in [2.05, 4.69) is 26.3 Å². The number of piperidine rings is 1. The van der Waals surface area contributed by atoms with E-state index in [4.69, 9.17) is 16.0 Å². The molecule has 0 amide bonds. The number of aliphatic hydroxyl groups is 1. The molecule has 2 aromatic carbocycles. The Morgan fingerprint density at radius 1 is 1.15 bits per heavy atom. The number of likely N-dealkylation sites (tertiary alicyclic amines) is 1. The molecule has 1 aliphatic heterocycles. The molecule has 0 unspecified atom stereocenters. The number of fused-ring (bicyclic) bond motifs is 1. The van der Waals surface area contributed by atoms with Gasteiger partial charge in [0.25, 0.3) is 0 Å². The molecule has 3 aromatic heterocycles. The zero-order chi connectivity index (χ0) is 27.6. The van der Waals surface area contributed by atoms with Gasteiger partial charge in [0.15, 0.2) is 5.16 Å². The van der Waals surface area contributed by atoms with Crippen LogP contribution in [0.5, 0.6) is 0 Å². The molecule has 1 fully saturated rings. The van der Waals surface area contributed by atoms with E-state index in [1.54, 1.807) is 12.4 Å². The van der Waals surface area contributed by atoms with Crippen LogP contribution >= 0.6 is 23.4 Å². The van der Waals surface area contributed by atoms with Gasteiger partial charge in [0.2, 0.25) is 0 Å². The van der Waals surface area contributed by atoms with Gasteiger partial charge in [-0.15, -0.1) is 0 Å². The molecule has 40 heavy (non-hydrogen) atoms. The number of benzene rings is 2. The summed E-state index contributed by atoms with van der Waals surface area (Å²) < 4.78 is 8.10. The molecule has 1 aliphatic rings. The Labute approximate surface area is 241 Å². The van der Waals surface area contributed by atoms with Gasteiger partial charge in [-0.2, -0.15) is 5.26 Å². The fourth-order valence-electron chi connectivity index (χ4n) is 4.84. The van der Waals surface area contributed by atoms with Crippen LogP contribution in [0.25, 0.3) is 22.2 Å². The average Bonchev–Trinajstić information content (AvgIpc) is 3.60. The van der Waals surface area contributed by atoms with Crippen molar-refractivity contribution in [2.45, 2.75) is 35.5 Å². The summed E-state index contributed by atoms with van der Waals surface area (Å²) in [4.78, 5) is 12.1. The minimum Gasteiger partial charge on any atom is -0.460 e. The smallest absolute Gasteiger partial charge is 0.172 e. The van der Waals surface area contributed by atoms with Crippen molar-refractivity contribution in [3.8, 4) is 17.4 Å². The second kappa shape index (κ2) is 11.4. The van der Waals surface area contributed by atoms with Gasteiger partial charge in [0.05, 0.1) is 34.4 Å². The van der Waals surface area contributed by atoms with Crippen LogP contribution in [0.15, 0.2) is 81.6 Å². The molecular formula is C30H27ClN6O2S. The number of anilines is 2. The molecule has 0 atom stereocenters. The van der Waals surface area contributed by atoms with Crippen LogP contribution in [0.2, 0.25) is 5.02 Å². The number of pyridine rings is 1. The predicted molar refractivity (Wildman–Crippen MR) is 157 cm³/mol. The van der Waals surface area contributed by atoms with Gasteiger partial charge in [-0.05, 0) is 55.3 Å². The highest BCUT2D eigenvalue weighted by molar-refractivity contribution is 7.99. The highest BCUT2D eigenvalue weighted by atomic mass is 35.5. The van der Waals surface area contributed by atoms with Gasteiger partial charge in [0, 0.05) is 60.3 Å². The Balaban J connectivity index is 1.24. The Kier molecular flexibility index (Phi) is 7.50. The first kappa shape index (κ1) is 26.4. The number of furan rings is 1. The van der Waals surface area contributed by atoms with Crippen LogP contribution in [-0.2, 0) is 13.6 Å². The Hall–Kier alpha value is -3.81. The lowest BCUT2D eigenvalue weighted by atomic mass is 10.1. The lowest BCUT2D eigenvalue weighted by Crippen LogP contribution is -2.35. The molecule has 0 spiro atoms. The third kappa shape index (κ3) is 5.58. The topological polar surface area (TPSA) is 103 Å². The maximum absolute atomic E-state index is 9.81. The fourth-order valence-corrected chi connectivity index (χ4v) is 5.94. The van der Waals surface area contributed by atoms with Gasteiger partial charge in [-0.25, -0.2) is 4.98 Å². The third-order valence-electron chi connectivity index (χ3n) is 7.05. The van der Waals surface area contributed by atoms with E-state index in [-0.39, 0.29) is 6.10 Å². The fraction of sp³-hybridized carbons (Fsp3) is 0.233. The standard InChI is InChI=1S/C30H27ClN6O2S/c1-36-13-10-33-30(36)40-28-7-3-21(15-25(28)31)35-29-20(16-32)17-34-26-14-19(2-5-24(26)29)27-6-4-23(39-27)18-37-11-8-22(38)9-12-37/h2-7,10,13-15,17,22,38H,8-9,11-12,18H2,1H3,(H,34,35). The third-order valence-corrected chi connectivity index (χ3v) is 8.63. The number of hydrogen-bond acceptors (Lipinski definition) is 8. The molecule has 0 saturated carbocycles. The molecule has 202 valence electrons. The van der Waals surface area contributed by atoms with Gasteiger partial charge < -0.3 is 19.4 Å². The normalized spacial score (nSPS) is 14.4. The van der Waals surface area contributed by atoms with Crippen LogP contribution in [0.1, 0.15) is 24.2 Å². The summed E-state index contributed by atoms with van der Waals surface area (Å²) in [5, 5.41) is 25.2. The van der Waals surface area contributed by atoms with E-state index in [0.29, 0.717) is 16.3 Å². The minimum absolute atomic E-state index is 0.193. The van der Waals surface area contributed by atoms with Crippen molar-refractivity contribution in [3.05, 3.63) is 83.5 Å². The van der Waals surface area contributed by atoms with Crippen LogP contribution in [-0.4, -0.2) is 43.7 Å². The van der Waals surface area contributed by atoms with Crippen molar-refractivity contribution < 1.29 is 9.52 Å². The summed E-state index contributed by atoms with van der Waals surface area (Å²) in [6.45, 7) is 2.45. The van der Waals surface area contributed by atoms with Crippen molar-refractivity contribution in [1.82, 2.24) is 19.4 Å². The molecule has 0 radical (unpaired) electrons. The Bertz CT molecular complexity index is 1720. The predicted octanol–water partition coefficient (Wildman–Crippen LogP) is 6.60. The molecule has 8 nitrogen and oxygen atoms in total. The maximum Gasteiger partial charge on any atom is 0.172 e. The van der Waals surface area contributed by atoms with Crippen molar-refractivity contribution >= 4 is 45.6 Å². The van der Waals surface area contributed by atoms with Crippen LogP contribution < -0.4 is 5.32 Å². The number of nitrogens with zero attached hydrogens (tertiary/aromatic N) is 5. The number of rotatable bonds is 7. The summed E-state index contributed by atoms with van der Waals surface area (Å²) in [5.41, 5.74) is 3.54. The second-order valence-electron chi connectivity index (χ2n) is 9.86. The number of aromatic nitrogens is 3. The van der Waals surface area contributed by atoms with Crippen molar-refractivity contribution in [2.75, 3.05) is 18.4 Å². The summed E-state index contributed by atoms with van der Waals surface area (Å²) >= 11 is 8.11. The van der Waals surface area contributed by atoms with Gasteiger partial charge in [-0.3, -0.25) is 9.88 Å². The Morgan fingerprint density at radius 2 is 2.00 bits per heavy atom.